The van der Waals surface area contributed by atoms with E-state index in [1.165, 1.54) is 32.1 Å². The molecule has 1 aromatic rings. The van der Waals surface area contributed by atoms with Gasteiger partial charge in [0.15, 0.2) is 0 Å². The summed E-state index contributed by atoms with van der Waals surface area (Å²) < 4.78 is 0.940. The second kappa shape index (κ2) is 8.57. The van der Waals surface area contributed by atoms with E-state index in [0.717, 1.165) is 47.5 Å². The van der Waals surface area contributed by atoms with Crippen LogP contribution < -0.4 is 10.6 Å². The third kappa shape index (κ3) is 5.13. The molecule has 1 aliphatic rings. The fraction of sp³-hybridized carbons (Fsp3) is 0.750. The largest absolute Gasteiger partial charge is 0.369 e. The zero-order valence-corrected chi connectivity index (χ0v) is 14.7. The minimum atomic E-state index is 0.875. The molecule has 2 N–H and O–H groups in total. The highest BCUT2D eigenvalue weighted by Crippen LogP contribution is 2.31. The van der Waals surface area contributed by atoms with Crippen LogP contribution in [-0.4, -0.2) is 23.1 Å². The van der Waals surface area contributed by atoms with Gasteiger partial charge in [-0.05, 0) is 47.0 Å². The molecule has 118 valence electrons. The lowest BCUT2D eigenvalue weighted by Gasteiger charge is -2.26. The van der Waals surface area contributed by atoms with E-state index in [0.29, 0.717) is 0 Å². The lowest BCUT2D eigenvalue weighted by Crippen LogP contribution is -2.17. The van der Waals surface area contributed by atoms with Crippen LogP contribution in [0.2, 0.25) is 0 Å². The molecule has 1 aliphatic carbocycles. The van der Waals surface area contributed by atoms with Gasteiger partial charge in [0, 0.05) is 13.1 Å². The van der Waals surface area contributed by atoms with Crippen molar-refractivity contribution >= 4 is 27.6 Å². The van der Waals surface area contributed by atoms with Gasteiger partial charge in [-0.25, -0.2) is 9.97 Å². The molecule has 21 heavy (non-hydrogen) atoms. The first-order valence-corrected chi connectivity index (χ1v) is 8.98. The van der Waals surface area contributed by atoms with Crippen LogP contribution in [0.25, 0.3) is 0 Å². The molecule has 4 nitrogen and oxygen atoms in total. The van der Waals surface area contributed by atoms with E-state index >= 15 is 0 Å². The molecule has 2 atom stereocenters. The molecule has 1 aromatic heterocycles. The average molecular weight is 355 g/mol. The lowest BCUT2D eigenvalue weighted by atomic mass is 9.81. The van der Waals surface area contributed by atoms with Crippen molar-refractivity contribution in [3.8, 4) is 0 Å². The van der Waals surface area contributed by atoms with Crippen molar-refractivity contribution < 1.29 is 0 Å². The van der Waals surface area contributed by atoms with Crippen molar-refractivity contribution in [1.82, 2.24) is 9.97 Å². The van der Waals surface area contributed by atoms with Crippen molar-refractivity contribution in [1.29, 1.82) is 0 Å². The molecule has 2 rings (SSSR count). The van der Waals surface area contributed by atoms with Gasteiger partial charge < -0.3 is 10.6 Å². The van der Waals surface area contributed by atoms with Crippen LogP contribution in [0.3, 0.4) is 0 Å². The second-order valence-electron chi connectivity index (χ2n) is 6.16. The third-order valence-electron chi connectivity index (χ3n) is 4.22. The number of halogens is 1. The Bertz CT molecular complexity index is 438. The first kappa shape index (κ1) is 16.5. The number of anilines is 2. The summed E-state index contributed by atoms with van der Waals surface area (Å²) in [5, 5.41) is 6.76. The highest BCUT2D eigenvalue weighted by atomic mass is 79.9. The number of aromatic nitrogens is 2. The van der Waals surface area contributed by atoms with Crippen LogP contribution in [-0.2, 0) is 0 Å². The van der Waals surface area contributed by atoms with Crippen LogP contribution in [0.4, 0.5) is 11.6 Å². The molecule has 0 amide bonds. The van der Waals surface area contributed by atoms with Crippen molar-refractivity contribution in [2.45, 2.75) is 52.4 Å². The molecule has 1 saturated carbocycles. The fourth-order valence-corrected chi connectivity index (χ4v) is 3.56. The lowest BCUT2D eigenvalue weighted by molar-refractivity contribution is 0.274. The average Bonchev–Trinajstić information content (AvgIpc) is 2.48. The molecule has 0 aliphatic heterocycles. The standard InChI is InChI=1S/C16H27BrN4/c1-3-8-18-15-14(17)16(21-11-20-15)19-9-7-13-6-4-5-12(2)10-13/h11-13H,3-10H2,1-2H3,(H2,18,19,20,21). The zero-order valence-electron chi connectivity index (χ0n) is 13.2. The molecular weight excluding hydrogens is 328 g/mol. The maximum Gasteiger partial charge on any atom is 0.145 e. The topological polar surface area (TPSA) is 49.8 Å². The van der Waals surface area contributed by atoms with Gasteiger partial charge in [-0.3, -0.25) is 0 Å². The summed E-state index contributed by atoms with van der Waals surface area (Å²) in [6.07, 6.45) is 9.52. The Labute approximate surface area is 136 Å². The van der Waals surface area contributed by atoms with E-state index < -0.39 is 0 Å². The molecule has 1 heterocycles. The van der Waals surface area contributed by atoms with E-state index in [2.05, 4.69) is 50.4 Å². The summed E-state index contributed by atoms with van der Waals surface area (Å²) >= 11 is 3.60. The van der Waals surface area contributed by atoms with E-state index in [4.69, 9.17) is 0 Å². The first-order valence-electron chi connectivity index (χ1n) is 8.19. The minimum absolute atomic E-state index is 0.875. The summed E-state index contributed by atoms with van der Waals surface area (Å²) in [7, 11) is 0. The van der Waals surface area contributed by atoms with Gasteiger partial charge in [0.05, 0.1) is 0 Å². The smallest absolute Gasteiger partial charge is 0.145 e. The van der Waals surface area contributed by atoms with E-state index in [1.807, 2.05) is 0 Å². The number of nitrogens with one attached hydrogen (secondary N) is 2. The van der Waals surface area contributed by atoms with Crippen LogP contribution in [0.15, 0.2) is 10.8 Å². The normalized spacial score (nSPS) is 22.0. The van der Waals surface area contributed by atoms with E-state index in [-0.39, 0.29) is 0 Å². The van der Waals surface area contributed by atoms with Gasteiger partial charge >= 0.3 is 0 Å². The molecule has 0 saturated heterocycles. The predicted molar refractivity (Wildman–Crippen MR) is 92.7 cm³/mol. The van der Waals surface area contributed by atoms with Crippen LogP contribution in [0, 0.1) is 11.8 Å². The summed E-state index contributed by atoms with van der Waals surface area (Å²) in [5.74, 6) is 3.55. The summed E-state index contributed by atoms with van der Waals surface area (Å²) in [4.78, 5) is 8.61. The number of hydrogen-bond donors (Lipinski definition) is 2. The Kier molecular flexibility index (Phi) is 6.74. The second-order valence-corrected chi connectivity index (χ2v) is 6.96. The molecule has 0 aromatic carbocycles. The van der Waals surface area contributed by atoms with E-state index in [9.17, 15) is 0 Å². The molecular formula is C16H27BrN4. The summed E-state index contributed by atoms with van der Waals surface area (Å²) in [5.41, 5.74) is 0. The Hall–Kier alpha value is -0.840. The predicted octanol–water partition coefficient (Wildman–Crippen LogP) is 4.69. The van der Waals surface area contributed by atoms with Gasteiger partial charge in [-0.2, -0.15) is 0 Å². The van der Waals surface area contributed by atoms with Crippen LogP contribution in [0.5, 0.6) is 0 Å². The number of hydrogen-bond acceptors (Lipinski definition) is 4. The SMILES string of the molecule is CCCNc1ncnc(NCCC2CCCC(C)C2)c1Br. The van der Waals surface area contributed by atoms with Gasteiger partial charge in [-0.15, -0.1) is 0 Å². The van der Waals surface area contributed by atoms with Crippen LogP contribution in [0.1, 0.15) is 52.4 Å². The van der Waals surface area contributed by atoms with Gasteiger partial charge in [0.1, 0.15) is 22.4 Å². The molecule has 0 spiro atoms. The molecule has 2 unspecified atom stereocenters. The molecule has 0 radical (unpaired) electrons. The molecule has 0 bridgehead atoms. The Morgan fingerprint density at radius 3 is 2.57 bits per heavy atom. The zero-order chi connectivity index (χ0) is 15.1. The Morgan fingerprint density at radius 1 is 1.19 bits per heavy atom. The minimum Gasteiger partial charge on any atom is -0.369 e. The monoisotopic (exact) mass is 354 g/mol. The summed E-state index contributed by atoms with van der Waals surface area (Å²) in [6.45, 7) is 6.44. The Morgan fingerprint density at radius 2 is 1.90 bits per heavy atom. The first-order chi connectivity index (χ1) is 10.2. The quantitative estimate of drug-likeness (QED) is 0.745. The highest BCUT2D eigenvalue weighted by molar-refractivity contribution is 9.10. The maximum absolute atomic E-state index is 4.34. The highest BCUT2D eigenvalue weighted by Gasteiger charge is 2.18. The van der Waals surface area contributed by atoms with Crippen molar-refractivity contribution in [3.05, 3.63) is 10.8 Å². The van der Waals surface area contributed by atoms with Crippen LogP contribution >= 0.6 is 15.9 Å². The van der Waals surface area contributed by atoms with Crippen molar-refractivity contribution in [2.24, 2.45) is 11.8 Å². The summed E-state index contributed by atoms with van der Waals surface area (Å²) in [6, 6.07) is 0. The van der Waals surface area contributed by atoms with Crippen molar-refractivity contribution in [2.75, 3.05) is 23.7 Å². The molecule has 1 fully saturated rings. The third-order valence-corrected chi connectivity index (χ3v) is 4.97. The van der Waals surface area contributed by atoms with E-state index in [1.54, 1.807) is 6.33 Å². The number of rotatable bonds is 7. The van der Waals surface area contributed by atoms with Gasteiger partial charge in [-0.1, -0.05) is 33.1 Å². The molecule has 5 heteroatoms. The van der Waals surface area contributed by atoms with Gasteiger partial charge in [0.25, 0.3) is 0 Å². The number of nitrogens with zero attached hydrogens (tertiary/aromatic N) is 2. The van der Waals surface area contributed by atoms with Crippen molar-refractivity contribution in [3.63, 3.8) is 0 Å². The fourth-order valence-electron chi connectivity index (χ4n) is 3.08. The Balaban J connectivity index is 1.82. The maximum atomic E-state index is 4.34. The van der Waals surface area contributed by atoms with Gasteiger partial charge in [0.2, 0.25) is 0 Å².